The maximum Gasteiger partial charge on any atom is 0.255 e. The minimum absolute atomic E-state index is 0.147. The number of anilines is 1. The van der Waals surface area contributed by atoms with Crippen molar-refractivity contribution < 1.29 is 4.79 Å². The van der Waals surface area contributed by atoms with Crippen molar-refractivity contribution >= 4 is 35.0 Å². The van der Waals surface area contributed by atoms with Crippen LogP contribution >= 0.6 is 23.4 Å². The van der Waals surface area contributed by atoms with Crippen LogP contribution in [0.1, 0.15) is 21.5 Å². The lowest BCUT2D eigenvalue weighted by Crippen LogP contribution is -2.11. The highest BCUT2D eigenvalue weighted by molar-refractivity contribution is 7.99. The third kappa shape index (κ3) is 4.65. The van der Waals surface area contributed by atoms with Crippen molar-refractivity contribution in [1.29, 1.82) is 0 Å². The van der Waals surface area contributed by atoms with Gasteiger partial charge in [-0.2, -0.15) is 0 Å². The van der Waals surface area contributed by atoms with Gasteiger partial charge in [0.2, 0.25) is 0 Å². The van der Waals surface area contributed by atoms with E-state index in [1.165, 1.54) is 16.0 Å². The van der Waals surface area contributed by atoms with Crippen molar-refractivity contribution in [1.82, 2.24) is 0 Å². The zero-order chi connectivity index (χ0) is 17.8. The van der Waals surface area contributed by atoms with Crippen molar-refractivity contribution in [3.8, 4) is 0 Å². The second kappa shape index (κ2) is 7.77. The molecule has 0 aliphatic carbocycles. The molecule has 2 nitrogen and oxygen atoms in total. The first-order chi connectivity index (χ1) is 12.0. The molecule has 3 aromatic rings. The topological polar surface area (TPSA) is 29.1 Å². The molecule has 0 saturated carbocycles. The fraction of sp³-hybridized carbons (Fsp3) is 0.0952. The SMILES string of the molecule is Cc1ccc(Sc2ccc(NC(=O)c3ccc(Cl)cc3)cc2)c(C)c1. The van der Waals surface area contributed by atoms with E-state index in [0.29, 0.717) is 10.6 Å². The molecule has 1 N–H and O–H groups in total. The lowest BCUT2D eigenvalue weighted by Gasteiger charge is -2.09. The van der Waals surface area contributed by atoms with Crippen LogP contribution in [-0.2, 0) is 0 Å². The summed E-state index contributed by atoms with van der Waals surface area (Å²) in [5, 5.41) is 3.51. The van der Waals surface area contributed by atoms with Gasteiger partial charge in [0.05, 0.1) is 0 Å². The van der Waals surface area contributed by atoms with E-state index in [9.17, 15) is 4.79 Å². The number of aryl methyl sites for hydroxylation is 2. The van der Waals surface area contributed by atoms with Gasteiger partial charge in [-0.1, -0.05) is 41.1 Å². The minimum atomic E-state index is -0.147. The molecule has 0 fully saturated rings. The number of halogens is 1. The van der Waals surface area contributed by atoms with Crippen molar-refractivity contribution in [3.63, 3.8) is 0 Å². The molecule has 3 rings (SSSR count). The zero-order valence-electron chi connectivity index (χ0n) is 14.0. The molecule has 0 saturated heterocycles. The first-order valence-corrected chi connectivity index (χ1v) is 9.13. The minimum Gasteiger partial charge on any atom is -0.322 e. The molecule has 0 heterocycles. The van der Waals surface area contributed by atoms with Gasteiger partial charge in [-0.25, -0.2) is 0 Å². The molecular weight excluding hydrogens is 350 g/mol. The number of carbonyl (C=O) groups is 1. The molecule has 0 bridgehead atoms. The first kappa shape index (κ1) is 17.6. The zero-order valence-corrected chi connectivity index (χ0v) is 15.6. The van der Waals surface area contributed by atoms with Crippen LogP contribution < -0.4 is 5.32 Å². The molecule has 0 spiro atoms. The molecule has 0 atom stereocenters. The van der Waals surface area contributed by atoms with E-state index in [1.54, 1.807) is 36.0 Å². The van der Waals surface area contributed by atoms with Gasteiger partial charge in [0, 0.05) is 26.1 Å². The number of benzene rings is 3. The molecule has 3 aromatic carbocycles. The van der Waals surface area contributed by atoms with Crippen LogP contribution in [0.4, 0.5) is 5.69 Å². The molecule has 0 aliphatic rings. The molecule has 0 aromatic heterocycles. The summed E-state index contributed by atoms with van der Waals surface area (Å²) in [6.45, 7) is 4.22. The number of rotatable bonds is 4. The molecule has 1 amide bonds. The van der Waals surface area contributed by atoms with Crippen LogP contribution in [-0.4, -0.2) is 5.91 Å². The predicted molar refractivity (Wildman–Crippen MR) is 106 cm³/mol. The summed E-state index contributed by atoms with van der Waals surface area (Å²) in [4.78, 5) is 14.6. The monoisotopic (exact) mass is 367 g/mol. The summed E-state index contributed by atoms with van der Waals surface area (Å²) in [6.07, 6.45) is 0. The number of carbonyl (C=O) groups excluding carboxylic acids is 1. The molecular formula is C21H18ClNOS. The van der Waals surface area contributed by atoms with Crippen LogP contribution in [0.3, 0.4) is 0 Å². The lowest BCUT2D eigenvalue weighted by atomic mass is 10.2. The van der Waals surface area contributed by atoms with Gasteiger partial charge in [0.1, 0.15) is 0 Å². The van der Waals surface area contributed by atoms with Crippen LogP contribution in [0, 0.1) is 13.8 Å². The van der Waals surface area contributed by atoms with Gasteiger partial charge >= 0.3 is 0 Å². The fourth-order valence-corrected chi connectivity index (χ4v) is 3.46. The summed E-state index contributed by atoms with van der Waals surface area (Å²) in [5.41, 5.74) is 3.88. The summed E-state index contributed by atoms with van der Waals surface area (Å²) < 4.78 is 0. The van der Waals surface area contributed by atoms with Crippen molar-refractivity contribution in [2.75, 3.05) is 5.32 Å². The Balaban J connectivity index is 1.67. The number of hydrogen-bond donors (Lipinski definition) is 1. The molecule has 126 valence electrons. The van der Waals surface area contributed by atoms with E-state index < -0.39 is 0 Å². The highest BCUT2D eigenvalue weighted by atomic mass is 35.5. The standard InChI is InChI=1S/C21H18ClNOS/c1-14-3-12-20(15(2)13-14)25-19-10-8-18(9-11-19)23-21(24)16-4-6-17(22)7-5-16/h3-13H,1-2H3,(H,23,24). The molecule has 0 aliphatic heterocycles. The normalized spacial score (nSPS) is 10.5. The van der Waals surface area contributed by atoms with Gasteiger partial charge in [-0.3, -0.25) is 4.79 Å². The molecule has 4 heteroatoms. The lowest BCUT2D eigenvalue weighted by molar-refractivity contribution is 0.102. The van der Waals surface area contributed by atoms with Gasteiger partial charge in [0.25, 0.3) is 5.91 Å². The van der Waals surface area contributed by atoms with Crippen LogP contribution in [0.25, 0.3) is 0 Å². The highest BCUT2D eigenvalue weighted by Gasteiger charge is 2.06. The van der Waals surface area contributed by atoms with Crippen molar-refractivity contribution in [3.05, 3.63) is 88.4 Å². The van der Waals surface area contributed by atoms with E-state index >= 15 is 0 Å². The largest absolute Gasteiger partial charge is 0.322 e. The third-order valence-corrected chi connectivity index (χ3v) is 5.21. The Bertz CT molecular complexity index is 889. The Kier molecular flexibility index (Phi) is 5.47. The van der Waals surface area contributed by atoms with Crippen LogP contribution in [0.15, 0.2) is 76.5 Å². The summed E-state index contributed by atoms with van der Waals surface area (Å²) in [7, 11) is 0. The van der Waals surface area contributed by atoms with E-state index in [2.05, 4.69) is 37.4 Å². The number of nitrogens with one attached hydrogen (secondary N) is 1. The Morgan fingerprint density at radius 2 is 1.60 bits per heavy atom. The Labute approximate surface area is 157 Å². The van der Waals surface area contributed by atoms with Crippen LogP contribution in [0.2, 0.25) is 5.02 Å². The first-order valence-electron chi connectivity index (χ1n) is 7.93. The Hall–Kier alpha value is -2.23. The Morgan fingerprint density at radius 3 is 2.24 bits per heavy atom. The number of amides is 1. The van der Waals surface area contributed by atoms with Crippen LogP contribution in [0.5, 0.6) is 0 Å². The summed E-state index contributed by atoms with van der Waals surface area (Å²) >= 11 is 7.57. The average molecular weight is 368 g/mol. The van der Waals surface area contributed by atoms with Crippen molar-refractivity contribution in [2.24, 2.45) is 0 Å². The fourth-order valence-electron chi connectivity index (χ4n) is 2.45. The molecule has 25 heavy (non-hydrogen) atoms. The van der Waals surface area contributed by atoms with Gasteiger partial charge in [0.15, 0.2) is 0 Å². The predicted octanol–water partition coefficient (Wildman–Crippen LogP) is 6.36. The summed E-state index contributed by atoms with van der Waals surface area (Å²) in [5.74, 6) is -0.147. The van der Waals surface area contributed by atoms with E-state index in [1.807, 2.05) is 24.3 Å². The van der Waals surface area contributed by atoms with Gasteiger partial charge in [-0.15, -0.1) is 0 Å². The van der Waals surface area contributed by atoms with Gasteiger partial charge < -0.3 is 5.32 Å². The second-order valence-corrected chi connectivity index (χ2v) is 7.41. The average Bonchev–Trinajstić information content (AvgIpc) is 2.59. The highest BCUT2D eigenvalue weighted by Crippen LogP contribution is 2.31. The van der Waals surface area contributed by atoms with Crippen molar-refractivity contribution in [2.45, 2.75) is 23.6 Å². The molecule has 0 radical (unpaired) electrons. The maximum absolute atomic E-state index is 12.2. The summed E-state index contributed by atoms with van der Waals surface area (Å²) in [6, 6.07) is 21.2. The quantitative estimate of drug-likeness (QED) is 0.581. The second-order valence-electron chi connectivity index (χ2n) is 5.86. The van der Waals surface area contributed by atoms with E-state index in [0.717, 1.165) is 10.6 Å². The maximum atomic E-state index is 12.2. The smallest absolute Gasteiger partial charge is 0.255 e. The van der Waals surface area contributed by atoms with E-state index in [-0.39, 0.29) is 5.91 Å². The Morgan fingerprint density at radius 1 is 0.920 bits per heavy atom. The molecule has 0 unspecified atom stereocenters. The van der Waals surface area contributed by atoms with E-state index in [4.69, 9.17) is 11.6 Å². The third-order valence-electron chi connectivity index (χ3n) is 3.78. The number of hydrogen-bond acceptors (Lipinski definition) is 2. The van der Waals surface area contributed by atoms with Gasteiger partial charge in [-0.05, 0) is 74.0 Å².